The van der Waals surface area contributed by atoms with Crippen LogP contribution in [0.3, 0.4) is 0 Å². The molecule has 1 aliphatic rings. The van der Waals surface area contributed by atoms with Crippen LogP contribution in [-0.4, -0.2) is 54.1 Å². The summed E-state index contributed by atoms with van der Waals surface area (Å²) in [5, 5.41) is 6.37. The Labute approximate surface area is 161 Å². The van der Waals surface area contributed by atoms with Crippen molar-refractivity contribution in [3.8, 4) is 11.5 Å². The molecule has 1 fully saturated rings. The minimum atomic E-state index is -0.969. The van der Waals surface area contributed by atoms with Crippen LogP contribution in [0.25, 0.3) is 0 Å². The van der Waals surface area contributed by atoms with Crippen LogP contribution >= 0.6 is 0 Å². The van der Waals surface area contributed by atoms with E-state index in [1.54, 1.807) is 32.0 Å². The zero-order valence-electron chi connectivity index (χ0n) is 16.1. The van der Waals surface area contributed by atoms with Gasteiger partial charge in [-0.3, -0.25) is 19.3 Å². The van der Waals surface area contributed by atoms with Gasteiger partial charge in [0.15, 0.2) is 11.5 Å². The highest BCUT2D eigenvalue weighted by Gasteiger charge is 2.43. The number of esters is 1. The lowest BCUT2D eigenvalue weighted by atomic mass is 10.1. The number of imide groups is 1. The number of methoxy groups -OCH3 is 1. The molecule has 2 rings (SSSR count). The summed E-state index contributed by atoms with van der Waals surface area (Å²) in [6, 6.07) is 4.24. The molecule has 0 bridgehead atoms. The number of hydrazone groups is 1. The van der Waals surface area contributed by atoms with Crippen LogP contribution in [0, 0.1) is 0 Å². The number of ether oxygens (including phenoxy) is 2. The fraction of sp³-hybridized carbons (Fsp3) is 0.389. The molecule has 0 aliphatic carbocycles. The number of rotatable bonds is 7. The van der Waals surface area contributed by atoms with Gasteiger partial charge in [0.05, 0.1) is 13.3 Å². The predicted octanol–water partition coefficient (Wildman–Crippen LogP) is 0.791. The number of nitrogens with zero attached hydrogens (tertiary/aromatic N) is 2. The van der Waals surface area contributed by atoms with E-state index in [1.807, 2.05) is 0 Å². The first-order chi connectivity index (χ1) is 13.1. The third-order valence-corrected chi connectivity index (χ3v) is 3.85. The second-order valence-electron chi connectivity index (χ2n) is 6.56. The number of nitrogens with one attached hydrogen (secondary N) is 2. The van der Waals surface area contributed by atoms with Crippen molar-refractivity contribution in [2.45, 2.75) is 32.7 Å². The molecule has 0 radical (unpaired) electrons. The summed E-state index contributed by atoms with van der Waals surface area (Å²) >= 11 is 0. The van der Waals surface area contributed by atoms with E-state index in [-0.39, 0.29) is 24.6 Å². The number of amides is 4. The number of carbonyl (C=O) groups excluding carboxylic acids is 4. The zero-order chi connectivity index (χ0) is 20.9. The maximum Gasteiger partial charge on any atom is 0.325 e. The fourth-order valence-corrected chi connectivity index (χ4v) is 2.47. The van der Waals surface area contributed by atoms with Crippen LogP contribution in [0.15, 0.2) is 23.3 Å². The summed E-state index contributed by atoms with van der Waals surface area (Å²) in [5.74, 6) is -0.696. The highest BCUT2D eigenvalue weighted by atomic mass is 16.6. The number of hydrogen-bond acceptors (Lipinski definition) is 7. The summed E-state index contributed by atoms with van der Waals surface area (Å²) in [5.41, 5.74) is 1.96. The second kappa shape index (κ2) is 8.51. The zero-order valence-corrected chi connectivity index (χ0v) is 16.1. The normalized spacial score (nSPS) is 15.5. The molecule has 0 unspecified atom stereocenters. The summed E-state index contributed by atoms with van der Waals surface area (Å²) in [6.45, 7) is 4.43. The lowest BCUT2D eigenvalue weighted by molar-refractivity contribution is -0.132. The van der Waals surface area contributed by atoms with Crippen LogP contribution in [0.4, 0.5) is 4.79 Å². The largest absolute Gasteiger partial charge is 0.493 e. The maximum atomic E-state index is 12.0. The molecule has 0 aromatic heterocycles. The fourth-order valence-electron chi connectivity index (χ4n) is 2.47. The molecule has 1 aromatic rings. The van der Waals surface area contributed by atoms with Crippen LogP contribution < -0.4 is 20.2 Å². The summed E-state index contributed by atoms with van der Waals surface area (Å²) in [4.78, 5) is 47.7. The van der Waals surface area contributed by atoms with Crippen LogP contribution in [0.1, 0.15) is 32.8 Å². The van der Waals surface area contributed by atoms with E-state index in [9.17, 15) is 19.2 Å². The number of hydrogen-bond donors (Lipinski definition) is 2. The number of benzene rings is 1. The Bertz CT molecular complexity index is 833. The van der Waals surface area contributed by atoms with Gasteiger partial charge in [0.1, 0.15) is 5.54 Å². The Morgan fingerprint density at radius 3 is 2.57 bits per heavy atom. The van der Waals surface area contributed by atoms with Crippen molar-refractivity contribution in [3.63, 3.8) is 0 Å². The molecule has 1 saturated heterocycles. The van der Waals surface area contributed by atoms with Gasteiger partial charge < -0.3 is 14.8 Å². The van der Waals surface area contributed by atoms with Gasteiger partial charge in [-0.2, -0.15) is 5.10 Å². The third kappa shape index (κ3) is 5.06. The first-order valence-electron chi connectivity index (χ1n) is 8.46. The van der Waals surface area contributed by atoms with E-state index in [0.29, 0.717) is 11.3 Å². The monoisotopic (exact) mass is 390 g/mol. The van der Waals surface area contributed by atoms with Crippen LogP contribution in [0.5, 0.6) is 11.5 Å². The lowest BCUT2D eigenvalue weighted by Crippen LogP contribution is -2.40. The Morgan fingerprint density at radius 1 is 1.29 bits per heavy atom. The molecule has 10 nitrogen and oxygen atoms in total. The molecule has 2 N–H and O–H groups in total. The molecule has 150 valence electrons. The van der Waals surface area contributed by atoms with Gasteiger partial charge in [-0.15, -0.1) is 0 Å². The first-order valence-corrected chi connectivity index (χ1v) is 8.46. The Kier molecular flexibility index (Phi) is 6.34. The Hall–Kier alpha value is -3.43. The van der Waals surface area contributed by atoms with Gasteiger partial charge in [0.25, 0.3) is 5.91 Å². The third-order valence-electron chi connectivity index (χ3n) is 3.85. The second-order valence-corrected chi connectivity index (χ2v) is 6.56. The van der Waals surface area contributed by atoms with Crippen molar-refractivity contribution < 1.29 is 28.7 Å². The molecule has 28 heavy (non-hydrogen) atoms. The van der Waals surface area contributed by atoms with E-state index in [2.05, 4.69) is 15.8 Å². The Balaban J connectivity index is 1.89. The minimum Gasteiger partial charge on any atom is -0.493 e. The molecule has 1 aromatic carbocycles. The number of carbonyl (C=O) groups is 4. The van der Waals surface area contributed by atoms with Crippen molar-refractivity contribution in [2.24, 2.45) is 5.10 Å². The lowest BCUT2D eigenvalue weighted by Gasteiger charge is -2.15. The molecule has 0 spiro atoms. The molecule has 1 heterocycles. The van der Waals surface area contributed by atoms with E-state index < -0.39 is 23.4 Å². The molecular formula is C18H22N4O6. The van der Waals surface area contributed by atoms with Gasteiger partial charge in [0.2, 0.25) is 5.91 Å². The first kappa shape index (κ1) is 20.9. The molecule has 1 aliphatic heterocycles. The van der Waals surface area contributed by atoms with Crippen molar-refractivity contribution in [2.75, 3.05) is 13.7 Å². The molecule has 10 heteroatoms. The summed E-state index contributed by atoms with van der Waals surface area (Å²) in [6.07, 6.45) is 1.30. The van der Waals surface area contributed by atoms with Gasteiger partial charge >= 0.3 is 12.0 Å². The molecule has 0 atom stereocenters. The number of urea groups is 1. The smallest absolute Gasteiger partial charge is 0.325 e. The van der Waals surface area contributed by atoms with E-state index in [1.165, 1.54) is 20.2 Å². The average molecular weight is 390 g/mol. The van der Waals surface area contributed by atoms with Crippen molar-refractivity contribution in [3.05, 3.63) is 23.8 Å². The average Bonchev–Trinajstić information content (AvgIpc) is 2.81. The van der Waals surface area contributed by atoms with E-state index in [0.717, 1.165) is 4.90 Å². The maximum absolute atomic E-state index is 12.0. The van der Waals surface area contributed by atoms with E-state index >= 15 is 0 Å². The van der Waals surface area contributed by atoms with Gasteiger partial charge in [-0.05, 0) is 37.6 Å². The Morgan fingerprint density at radius 2 is 2.00 bits per heavy atom. The van der Waals surface area contributed by atoms with Crippen molar-refractivity contribution in [1.29, 1.82) is 0 Å². The van der Waals surface area contributed by atoms with Crippen LogP contribution in [0.2, 0.25) is 0 Å². The summed E-state index contributed by atoms with van der Waals surface area (Å²) in [7, 11) is 1.43. The quantitative estimate of drug-likeness (QED) is 0.233. The molecule has 4 amide bonds. The SMILES string of the molecule is COc1cc(/C=N\NC(=O)CCN2C(=O)NC(C)(C)C2=O)ccc1OC(C)=O. The van der Waals surface area contributed by atoms with Crippen LogP contribution in [-0.2, 0) is 14.4 Å². The van der Waals surface area contributed by atoms with Crippen molar-refractivity contribution in [1.82, 2.24) is 15.6 Å². The van der Waals surface area contributed by atoms with E-state index in [4.69, 9.17) is 9.47 Å². The van der Waals surface area contributed by atoms with Gasteiger partial charge in [-0.25, -0.2) is 10.2 Å². The van der Waals surface area contributed by atoms with Crippen molar-refractivity contribution >= 4 is 30.0 Å². The summed E-state index contributed by atoms with van der Waals surface area (Å²) < 4.78 is 10.1. The highest BCUT2D eigenvalue weighted by molar-refractivity contribution is 6.06. The molecule has 0 saturated carbocycles. The molecular weight excluding hydrogens is 368 g/mol. The van der Waals surface area contributed by atoms with Gasteiger partial charge in [-0.1, -0.05) is 0 Å². The standard InChI is InChI=1S/C18H22N4O6/c1-11(23)28-13-6-5-12(9-14(13)27-4)10-19-21-15(24)7-8-22-16(25)18(2,3)20-17(22)26/h5-6,9-10H,7-8H2,1-4H3,(H,20,26)(H,21,24)/b19-10-. The predicted molar refractivity (Wildman–Crippen MR) is 99.0 cm³/mol. The van der Waals surface area contributed by atoms with Gasteiger partial charge in [0, 0.05) is 19.9 Å². The topological polar surface area (TPSA) is 126 Å². The highest BCUT2D eigenvalue weighted by Crippen LogP contribution is 2.27. The minimum absolute atomic E-state index is 0.0413.